The quantitative estimate of drug-likeness (QED) is 0.598. The Bertz CT molecular complexity index is 793. The molecule has 6 heteroatoms. The Hall–Kier alpha value is -0.980. The van der Waals surface area contributed by atoms with Gasteiger partial charge in [-0.3, -0.25) is 9.59 Å². The lowest BCUT2D eigenvalue weighted by Gasteiger charge is -2.62. The van der Waals surface area contributed by atoms with Crippen molar-refractivity contribution in [3.8, 4) is 0 Å². The van der Waals surface area contributed by atoms with Gasteiger partial charge in [0.15, 0.2) is 11.5 Å². The molecule has 0 saturated heterocycles. The molecule has 0 aromatic heterocycles. The first-order valence-electron chi connectivity index (χ1n) is 9.70. The van der Waals surface area contributed by atoms with E-state index < -0.39 is 39.2 Å². The highest BCUT2D eigenvalue weighted by atomic mass is 32.1. The Morgan fingerprint density at radius 2 is 2.00 bits per heavy atom. The van der Waals surface area contributed by atoms with E-state index in [1.54, 1.807) is 26.8 Å². The number of alkyl halides is 1. The minimum Gasteiger partial charge on any atom is -0.390 e. The zero-order valence-electron chi connectivity index (χ0n) is 15.9. The number of allylic oxidation sites excluding steroid dienone is 4. The van der Waals surface area contributed by atoms with Crippen LogP contribution in [0.2, 0.25) is 0 Å². The van der Waals surface area contributed by atoms with Crippen LogP contribution in [0.3, 0.4) is 0 Å². The van der Waals surface area contributed by atoms with Gasteiger partial charge in [-0.05, 0) is 56.6 Å². The third kappa shape index (κ3) is 2.02. The highest BCUT2D eigenvalue weighted by Crippen LogP contribution is 2.70. The third-order valence-corrected chi connectivity index (χ3v) is 8.89. The number of carbonyl (C=O) groups excluding carboxylic acids is 2. The summed E-state index contributed by atoms with van der Waals surface area (Å²) in [5.74, 6) is -1.26. The average molecular weight is 395 g/mol. The van der Waals surface area contributed by atoms with E-state index in [1.807, 2.05) is 0 Å². The van der Waals surface area contributed by atoms with Crippen LogP contribution in [0.4, 0.5) is 4.39 Å². The lowest BCUT2D eigenvalue weighted by atomic mass is 9.45. The monoisotopic (exact) mass is 394 g/mol. The molecule has 3 saturated carbocycles. The van der Waals surface area contributed by atoms with Gasteiger partial charge in [0.05, 0.1) is 6.10 Å². The van der Waals surface area contributed by atoms with Crippen LogP contribution in [0.1, 0.15) is 46.5 Å². The summed E-state index contributed by atoms with van der Waals surface area (Å²) in [7, 11) is 0. The van der Waals surface area contributed by atoms with Gasteiger partial charge in [-0.25, -0.2) is 4.39 Å². The molecule has 0 bridgehead atoms. The van der Waals surface area contributed by atoms with Crippen LogP contribution < -0.4 is 0 Å². The minimum atomic E-state index is -1.94. The summed E-state index contributed by atoms with van der Waals surface area (Å²) < 4.78 is 16.8. The highest BCUT2D eigenvalue weighted by molar-refractivity contribution is 7.96. The van der Waals surface area contributed by atoms with Crippen LogP contribution >= 0.6 is 12.6 Å². The standard InChI is InChI=1S/C21H27FO4S/c1-11-8-15-14-5-4-12-9-13(23)6-7-18(12,2)20(14,22)16(24)10-19(15,3)21(11,26)17(25)27/h6-7,9,11,14-16,24,26H,4-5,8,10H2,1-3H3,(H,25,27). The van der Waals surface area contributed by atoms with Crippen molar-refractivity contribution in [3.05, 3.63) is 23.8 Å². The molecule has 4 rings (SSSR count). The number of thiol groups is 1. The van der Waals surface area contributed by atoms with Gasteiger partial charge in [-0.1, -0.05) is 25.5 Å². The average Bonchev–Trinajstić information content (AvgIpc) is 2.79. The summed E-state index contributed by atoms with van der Waals surface area (Å²) in [4.78, 5) is 24.1. The summed E-state index contributed by atoms with van der Waals surface area (Å²) >= 11 is 3.96. The fourth-order valence-corrected chi connectivity index (χ4v) is 7.48. The molecule has 27 heavy (non-hydrogen) atoms. The summed E-state index contributed by atoms with van der Waals surface area (Å²) in [5, 5.41) is 21.8. The van der Waals surface area contributed by atoms with Gasteiger partial charge in [0.25, 0.3) is 0 Å². The smallest absolute Gasteiger partial charge is 0.218 e. The number of carbonyl (C=O) groups is 2. The second-order valence-electron chi connectivity index (χ2n) is 9.47. The molecule has 8 atom stereocenters. The first-order chi connectivity index (χ1) is 12.4. The van der Waals surface area contributed by atoms with E-state index in [4.69, 9.17) is 0 Å². The highest BCUT2D eigenvalue weighted by Gasteiger charge is 2.75. The molecule has 4 aliphatic rings. The number of halogens is 1. The number of rotatable bonds is 1. The second kappa shape index (κ2) is 5.55. The van der Waals surface area contributed by atoms with Crippen LogP contribution in [-0.4, -0.2) is 38.5 Å². The number of ketones is 1. The van der Waals surface area contributed by atoms with Crippen LogP contribution in [0.25, 0.3) is 0 Å². The van der Waals surface area contributed by atoms with Crippen molar-refractivity contribution in [2.45, 2.75) is 63.8 Å². The third-order valence-electron chi connectivity index (χ3n) is 8.55. The van der Waals surface area contributed by atoms with E-state index in [1.165, 1.54) is 12.2 Å². The first kappa shape index (κ1) is 19.3. The predicted octanol–water partition coefficient (Wildman–Crippen LogP) is 2.79. The van der Waals surface area contributed by atoms with Gasteiger partial charge in [-0.15, -0.1) is 12.6 Å². The fourth-order valence-electron chi connectivity index (χ4n) is 7.00. The zero-order valence-corrected chi connectivity index (χ0v) is 16.8. The molecule has 0 radical (unpaired) electrons. The van der Waals surface area contributed by atoms with Crippen molar-refractivity contribution in [2.75, 3.05) is 0 Å². The van der Waals surface area contributed by atoms with E-state index in [0.717, 1.165) is 5.57 Å². The van der Waals surface area contributed by atoms with Crippen molar-refractivity contribution < 1.29 is 24.2 Å². The lowest BCUT2D eigenvalue weighted by Crippen LogP contribution is -2.69. The molecule has 4 aliphatic carbocycles. The van der Waals surface area contributed by atoms with Gasteiger partial charge in [0.1, 0.15) is 5.60 Å². The van der Waals surface area contributed by atoms with E-state index in [9.17, 15) is 19.8 Å². The lowest BCUT2D eigenvalue weighted by molar-refractivity contribution is -0.216. The van der Waals surface area contributed by atoms with Gasteiger partial charge in [-0.2, -0.15) is 0 Å². The number of hydrogen-bond acceptors (Lipinski definition) is 4. The van der Waals surface area contributed by atoms with E-state index in [2.05, 4.69) is 12.6 Å². The molecule has 0 heterocycles. The van der Waals surface area contributed by atoms with Gasteiger partial charge < -0.3 is 10.2 Å². The molecule has 0 aromatic carbocycles. The maximum Gasteiger partial charge on any atom is 0.218 e. The second-order valence-corrected chi connectivity index (χ2v) is 9.88. The number of hydrogen-bond donors (Lipinski definition) is 3. The molecule has 0 aliphatic heterocycles. The van der Waals surface area contributed by atoms with Crippen LogP contribution in [0, 0.1) is 28.6 Å². The van der Waals surface area contributed by atoms with Crippen molar-refractivity contribution in [2.24, 2.45) is 28.6 Å². The fraction of sp³-hybridized carbons (Fsp3) is 0.714. The minimum absolute atomic E-state index is 0.0114. The predicted molar refractivity (Wildman–Crippen MR) is 102 cm³/mol. The summed E-state index contributed by atoms with van der Waals surface area (Å²) in [5.41, 5.74) is -4.89. The van der Waals surface area contributed by atoms with Crippen molar-refractivity contribution in [1.82, 2.24) is 0 Å². The van der Waals surface area contributed by atoms with E-state index >= 15 is 4.39 Å². The van der Waals surface area contributed by atoms with Crippen LogP contribution in [0.15, 0.2) is 23.8 Å². The molecule has 148 valence electrons. The van der Waals surface area contributed by atoms with Crippen molar-refractivity contribution in [3.63, 3.8) is 0 Å². The number of fused-ring (bicyclic) bond motifs is 5. The van der Waals surface area contributed by atoms with Gasteiger partial charge in [0.2, 0.25) is 5.12 Å². The first-order valence-corrected chi connectivity index (χ1v) is 10.1. The molecule has 2 N–H and O–H groups in total. The Balaban J connectivity index is 1.85. The molecule has 8 unspecified atom stereocenters. The topological polar surface area (TPSA) is 74.6 Å². The van der Waals surface area contributed by atoms with Crippen LogP contribution in [0.5, 0.6) is 0 Å². The summed E-state index contributed by atoms with van der Waals surface area (Å²) in [6.07, 6.45) is 4.71. The number of aliphatic hydroxyl groups is 2. The molecule has 0 amide bonds. The normalized spacial score (nSPS) is 54.0. The molecule has 0 spiro atoms. The van der Waals surface area contributed by atoms with E-state index in [-0.39, 0.29) is 24.0 Å². The molecule has 0 aromatic rings. The largest absolute Gasteiger partial charge is 0.390 e. The van der Waals surface area contributed by atoms with Gasteiger partial charge >= 0.3 is 0 Å². The number of aliphatic hydroxyl groups excluding tert-OH is 1. The Kier molecular flexibility index (Phi) is 3.97. The van der Waals surface area contributed by atoms with E-state index in [0.29, 0.717) is 19.3 Å². The Morgan fingerprint density at radius 1 is 1.33 bits per heavy atom. The molecular formula is C21H27FO4S. The SMILES string of the molecule is CC1CC2C3CCC4=CC(=O)C=CC4(C)C3(F)C(O)CC2(C)C1(O)C(=O)S. The van der Waals surface area contributed by atoms with Crippen molar-refractivity contribution >= 4 is 23.5 Å². The maximum absolute atomic E-state index is 16.8. The maximum atomic E-state index is 16.8. The summed E-state index contributed by atoms with van der Waals surface area (Å²) in [6, 6.07) is 0. The molecule has 3 fully saturated rings. The molecule has 4 nitrogen and oxygen atoms in total. The summed E-state index contributed by atoms with van der Waals surface area (Å²) in [6.45, 7) is 5.36. The molecular weight excluding hydrogens is 367 g/mol. The van der Waals surface area contributed by atoms with Crippen molar-refractivity contribution in [1.29, 1.82) is 0 Å². The Labute approximate surface area is 164 Å². The Morgan fingerprint density at radius 3 is 2.63 bits per heavy atom. The van der Waals surface area contributed by atoms with Crippen LogP contribution in [-0.2, 0) is 9.59 Å². The van der Waals surface area contributed by atoms with Gasteiger partial charge in [0, 0.05) is 16.7 Å². The zero-order chi connectivity index (χ0) is 20.0.